The van der Waals surface area contributed by atoms with Crippen LogP contribution in [-0.2, 0) is 11.2 Å². The van der Waals surface area contributed by atoms with Crippen LogP contribution in [0.4, 0.5) is 0 Å². The topological polar surface area (TPSA) is 49.3 Å². The average molecular weight is 261 g/mol. The van der Waals surface area contributed by atoms with Crippen LogP contribution in [0.15, 0.2) is 30.3 Å². The number of carbonyl (C=O) groups excluding carboxylic acids is 1. The summed E-state index contributed by atoms with van der Waals surface area (Å²) in [6, 6.07) is 9.79. The molecule has 19 heavy (non-hydrogen) atoms. The molecule has 2 N–H and O–H groups in total. The van der Waals surface area contributed by atoms with E-state index >= 15 is 0 Å². The molecule has 1 aromatic rings. The van der Waals surface area contributed by atoms with Gasteiger partial charge in [-0.1, -0.05) is 43.2 Å². The zero-order chi connectivity index (χ0) is 13.5. The van der Waals surface area contributed by atoms with Crippen LogP contribution in [0.1, 0.15) is 37.7 Å². The van der Waals surface area contributed by atoms with Gasteiger partial charge in [-0.25, -0.2) is 0 Å². The minimum absolute atomic E-state index is 0.00863. The predicted octanol–water partition coefficient (Wildman–Crippen LogP) is 2.29. The van der Waals surface area contributed by atoms with E-state index in [9.17, 15) is 9.90 Å². The van der Waals surface area contributed by atoms with E-state index in [2.05, 4.69) is 5.32 Å². The Hall–Kier alpha value is -1.35. The number of carbonyl (C=O) groups is 1. The largest absolute Gasteiger partial charge is 0.394 e. The molecule has 0 spiro atoms. The van der Waals surface area contributed by atoms with Crippen molar-refractivity contribution in [1.82, 2.24) is 5.32 Å². The van der Waals surface area contributed by atoms with Gasteiger partial charge in [0.05, 0.1) is 12.6 Å². The molecule has 0 aromatic heterocycles. The van der Waals surface area contributed by atoms with Crippen molar-refractivity contribution in [2.45, 2.75) is 44.6 Å². The van der Waals surface area contributed by atoms with Gasteiger partial charge in [-0.05, 0) is 30.7 Å². The SMILES string of the molecule is O=C(CC1CCCC1)N[C@@H](CO)Cc1ccccc1. The van der Waals surface area contributed by atoms with E-state index in [0.717, 1.165) is 5.56 Å². The molecule has 1 fully saturated rings. The Kier molecular flexibility index (Phi) is 5.40. The van der Waals surface area contributed by atoms with Crippen LogP contribution in [0.3, 0.4) is 0 Å². The Morgan fingerprint density at radius 2 is 1.95 bits per heavy atom. The number of hydrogen-bond acceptors (Lipinski definition) is 2. The third kappa shape index (κ3) is 4.67. The van der Waals surface area contributed by atoms with Gasteiger partial charge in [0.1, 0.15) is 0 Å². The van der Waals surface area contributed by atoms with Gasteiger partial charge in [-0.2, -0.15) is 0 Å². The van der Waals surface area contributed by atoms with Gasteiger partial charge in [-0.15, -0.1) is 0 Å². The maximum absolute atomic E-state index is 11.9. The molecule has 1 aromatic carbocycles. The number of rotatable bonds is 6. The Balaban J connectivity index is 1.79. The lowest BCUT2D eigenvalue weighted by atomic mass is 10.0. The summed E-state index contributed by atoms with van der Waals surface area (Å²) < 4.78 is 0. The first kappa shape index (κ1) is 14.1. The van der Waals surface area contributed by atoms with Gasteiger partial charge in [0.15, 0.2) is 0 Å². The van der Waals surface area contributed by atoms with Crippen LogP contribution in [0.2, 0.25) is 0 Å². The lowest BCUT2D eigenvalue weighted by Gasteiger charge is -2.18. The van der Waals surface area contributed by atoms with Crippen LogP contribution >= 0.6 is 0 Å². The fraction of sp³-hybridized carbons (Fsp3) is 0.562. The van der Waals surface area contributed by atoms with Gasteiger partial charge >= 0.3 is 0 Å². The summed E-state index contributed by atoms with van der Waals surface area (Å²) in [6.07, 6.45) is 6.17. The van der Waals surface area contributed by atoms with E-state index in [1.807, 2.05) is 30.3 Å². The second-order valence-corrected chi connectivity index (χ2v) is 5.49. The minimum atomic E-state index is -0.170. The summed E-state index contributed by atoms with van der Waals surface area (Å²) in [6.45, 7) is -0.00863. The monoisotopic (exact) mass is 261 g/mol. The van der Waals surface area contributed by atoms with E-state index in [0.29, 0.717) is 18.8 Å². The second kappa shape index (κ2) is 7.29. The molecule has 0 aliphatic heterocycles. The van der Waals surface area contributed by atoms with Crippen molar-refractivity contribution in [1.29, 1.82) is 0 Å². The molecule has 0 bridgehead atoms. The summed E-state index contributed by atoms with van der Waals surface area (Å²) in [5.41, 5.74) is 1.14. The summed E-state index contributed by atoms with van der Waals surface area (Å²) >= 11 is 0. The quantitative estimate of drug-likeness (QED) is 0.825. The van der Waals surface area contributed by atoms with Gasteiger partial charge in [-0.3, -0.25) is 4.79 Å². The molecule has 3 nitrogen and oxygen atoms in total. The number of hydrogen-bond donors (Lipinski definition) is 2. The van der Waals surface area contributed by atoms with Crippen molar-refractivity contribution in [3.8, 4) is 0 Å². The van der Waals surface area contributed by atoms with E-state index in [-0.39, 0.29) is 18.6 Å². The van der Waals surface area contributed by atoms with Gasteiger partial charge in [0.2, 0.25) is 5.91 Å². The fourth-order valence-electron chi connectivity index (χ4n) is 2.82. The molecule has 1 saturated carbocycles. The number of aliphatic hydroxyl groups excluding tert-OH is 1. The summed E-state index contributed by atoms with van der Waals surface area (Å²) in [7, 11) is 0. The Labute approximate surface area is 115 Å². The van der Waals surface area contributed by atoms with Crippen molar-refractivity contribution >= 4 is 5.91 Å². The Morgan fingerprint density at radius 3 is 2.58 bits per heavy atom. The lowest BCUT2D eigenvalue weighted by Crippen LogP contribution is -2.39. The third-order valence-corrected chi connectivity index (χ3v) is 3.86. The van der Waals surface area contributed by atoms with Crippen LogP contribution in [0.5, 0.6) is 0 Å². The highest BCUT2D eigenvalue weighted by atomic mass is 16.3. The highest BCUT2D eigenvalue weighted by Crippen LogP contribution is 2.27. The maximum atomic E-state index is 11.9. The van der Waals surface area contributed by atoms with Crippen LogP contribution in [0.25, 0.3) is 0 Å². The summed E-state index contributed by atoms with van der Waals surface area (Å²) in [5.74, 6) is 0.637. The van der Waals surface area contributed by atoms with Gasteiger partial charge < -0.3 is 10.4 Å². The lowest BCUT2D eigenvalue weighted by molar-refractivity contribution is -0.123. The molecule has 104 valence electrons. The number of benzene rings is 1. The molecule has 0 heterocycles. The van der Waals surface area contributed by atoms with Crippen LogP contribution in [0, 0.1) is 5.92 Å². The summed E-state index contributed by atoms with van der Waals surface area (Å²) in [5, 5.41) is 12.3. The molecule has 1 atom stereocenters. The molecule has 0 radical (unpaired) electrons. The summed E-state index contributed by atoms with van der Waals surface area (Å²) in [4.78, 5) is 11.9. The molecule has 1 aliphatic carbocycles. The molecular weight excluding hydrogens is 238 g/mol. The Bertz CT molecular complexity index is 385. The zero-order valence-electron chi connectivity index (χ0n) is 11.3. The third-order valence-electron chi connectivity index (χ3n) is 3.86. The fourth-order valence-corrected chi connectivity index (χ4v) is 2.82. The van der Waals surface area contributed by atoms with E-state index in [1.165, 1.54) is 25.7 Å². The predicted molar refractivity (Wildman–Crippen MR) is 75.7 cm³/mol. The van der Waals surface area contributed by atoms with Crippen molar-refractivity contribution in [3.05, 3.63) is 35.9 Å². The standard InChI is InChI=1S/C16H23NO2/c18-12-15(10-13-6-2-1-3-7-13)17-16(19)11-14-8-4-5-9-14/h1-3,6-7,14-15,18H,4-5,8-12H2,(H,17,19)/t15-/m1/s1. The first-order valence-corrected chi connectivity index (χ1v) is 7.22. The van der Waals surface area contributed by atoms with Crippen molar-refractivity contribution in [2.75, 3.05) is 6.61 Å². The molecule has 3 heteroatoms. The van der Waals surface area contributed by atoms with Gasteiger partial charge in [0, 0.05) is 6.42 Å². The van der Waals surface area contributed by atoms with Gasteiger partial charge in [0.25, 0.3) is 0 Å². The Morgan fingerprint density at radius 1 is 1.26 bits per heavy atom. The number of nitrogens with one attached hydrogen (secondary N) is 1. The normalized spacial score (nSPS) is 17.3. The number of amides is 1. The second-order valence-electron chi connectivity index (χ2n) is 5.49. The zero-order valence-corrected chi connectivity index (χ0v) is 11.3. The molecule has 0 unspecified atom stereocenters. The number of aliphatic hydroxyl groups is 1. The van der Waals surface area contributed by atoms with Crippen molar-refractivity contribution < 1.29 is 9.90 Å². The average Bonchev–Trinajstić information content (AvgIpc) is 2.92. The van der Waals surface area contributed by atoms with Crippen molar-refractivity contribution in [2.24, 2.45) is 5.92 Å². The highest BCUT2D eigenvalue weighted by Gasteiger charge is 2.20. The van der Waals surface area contributed by atoms with E-state index in [1.54, 1.807) is 0 Å². The molecule has 2 rings (SSSR count). The first-order valence-electron chi connectivity index (χ1n) is 7.22. The van der Waals surface area contributed by atoms with E-state index in [4.69, 9.17) is 0 Å². The first-order chi connectivity index (χ1) is 9.28. The molecule has 0 saturated heterocycles. The molecule has 1 aliphatic rings. The highest BCUT2D eigenvalue weighted by molar-refractivity contribution is 5.76. The minimum Gasteiger partial charge on any atom is -0.394 e. The molecular formula is C16H23NO2. The van der Waals surface area contributed by atoms with Crippen LogP contribution < -0.4 is 5.32 Å². The maximum Gasteiger partial charge on any atom is 0.220 e. The molecule has 1 amide bonds. The smallest absolute Gasteiger partial charge is 0.220 e. The van der Waals surface area contributed by atoms with E-state index < -0.39 is 0 Å². The van der Waals surface area contributed by atoms with Crippen molar-refractivity contribution in [3.63, 3.8) is 0 Å². The van der Waals surface area contributed by atoms with Crippen LogP contribution in [-0.4, -0.2) is 23.7 Å².